The summed E-state index contributed by atoms with van der Waals surface area (Å²) in [5.74, 6) is -0.857. The predicted octanol–water partition coefficient (Wildman–Crippen LogP) is 0.211. The molecule has 6 heteroatoms. The first kappa shape index (κ1) is 15.1. The zero-order valence-corrected chi connectivity index (χ0v) is 11.1. The highest BCUT2D eigenvalue weighted by Gasteiger charge is 2.28. The number of methoxy groups -OCH3 is 1. The van der Waals surface area contributed by atoms with Gasteiger partial charge in [-0.1, -0.05) is 0 Å². The van der Waals surface area contributed by atoms with Gasteiger partial charge in [-0.3, -0.25) is 9.00 Å². The minimum Gasteiger partial charge on any atom is -0.467 e. The van der Waals surface area contributed by atoms with Gasteiger partial charge in [-0.2, -0.15) is 0 Å². The summed E-state index contributed by atoms with van der Waals surface area (Å²) >= 11 is 0. The maximum absolute atomic E-state index is 11.8. The molecule has 0 fully saturated rings. The molecule has 0 spiro atoms. The van der Waals surface area contributed by atoms with Gasteiger partial charge in [0.1, 0.15) is 6.04 Å². The Labute approximate surface area is 98.4 Å². The lowest BCUT2D eigenvalue weighted by Gasteiger charge is -2.21. The Bertz CT molecular complexity index is 296. The highest BCUT2D eigenvalue weighted by atomic mass is 32.2. The monoisotopic (exact) mass is 249 g/mol. The molecule has 0 aromatic carbocycles. The normalized spacial score (nSPS) is 15.1. The third-order valence-corrected chi connectivity index (χ3v) is 3.87. The van der Waals surface area contributed by atoms with Crippen LogP contribution in [-0.2, 0) is 25.1 Å². The van der Waals surface area contributed by atoms with Crippen LogP contribution in [0.2, 0.25) is 0 Å². The summed E-state index contributed by atoms with van der Waals surface area (Å²) in [4.78, 5) is 22.2. The van der Waals surface area contributed by atoms with Crippen molar-refractivity contribution in [3.05, 3.63) is 0 Å². The smallest absolute Gasteiger partial charge is 0.329 e. The van der Waals surface area contributed by atoms with Gasteiger partial charge in [0, 0.05) is 22.5 Å². The number of ether oxygens (including phenoxy) is 1. The Morgan fingerprint density at radius 2 is 1.88 bits per heavy atom. The molecule has 0 radical (unpaired) electrons. The lowest BCUT2D eigenvalue weighted by atomic mass is 10.3. The van der Waals surface area contributed by atoms with Crippen LogP contribution in [0.3, 0.4) is 0 Å². The molecule has 0 aliphatic rings. The molecule has 0 aliphatic heterocycles. The van der Waals surface area contributed by atoms with Crippen LogP contribution < -0.4 is 5.32 Å². The summed E-state index contributed by atoms with van der Waals surface area (Å²) in [5.41, 5.74) is 0. The van der Waals surface area contributed by atoms with E-state index in [4.69, 9.17) is 0 Å². The first-order valence-electron chi connectivity index (χ1n) is 4.92. The number of rotatable bonds is 4. The van der Waals surface area contributed by atoms with Crippen molar-refractivity contribution in [1.29, 1.82) is 0 Å². The average molecular weight is 249 g/mol. The molecule has 5 nitrogen and oxygen atoms in total. The molecule has 0 bridgehead atoms. The second-order valence-corrected chi connectivity index (χ2v) is 6.65. The Balaban J connectivity index is 4.61. The summed E-state index contributed by atoms with van der Waals surface area (Å²) in [6.07, 6.45) is 0. The van der Waals surface area contributed by atoms with E-state index in [0.717, 1.165) is 0 Å². The maximum Gasteiger partial charge on any atom is 0.329 e. The van der Waals surface area contributed by atoms with E-state index in [1.54, 1.807) is 0 Å². The quantitative estimate of drug-likeness (QED) is 0.723. The van der Waals surface area contributed by atoms with Gasteiger partial charge in [0.25, 0.3) is 0 Å². The fourth-order valence-corrected chi connectivity index (χ4v) is 1.98. The van der Waals surface area contributed by atoms with Crippen molar-refractivity contribution in [1.82, 2.24) is 5.32 Å². The van der Waals surface area contributed by atoms with Crippen LogP contribution in [0.15, 0.2) is 0 Å². The third kappa shape index (κ3) is 5.25. The second kappa shape index (κ2) is 5.98. The predicted molar refractivity (Wildman–Crippen MR) is 62.4 cm³/mol. The minimum atomic E-state index is -1.22. The molecule has 2 unspecified atom stereocenters. The number of hydrogen-bond acceptors (Lipinski definition) is 4. The van der Waals surface area contributed by atoms with Crippen LogP contribution in [0.1, 0.15) is 27.7 Å². The molecule has 16 heavy (non-hydrogen) atoms. The topological polar surface area (TPSA) is 72.5 Å². The Hall–Kier alpha value is -0.910. The molecular weight excluding hydrogens is 230 g/mol. The van der Waals surface area contributed by atoms with Gasteiger partial charge in [0.2, 0.25) is 5.91 Å². The number of carbonyl (C=O) groups is 2. The fraction of sp³-hybridized carbons (Fsp3) is 0.800. The summed E-state index contributed by atoms with van der Waals surface area (Å²) < 4.78 is 15.9. The van der Waals surface area contributed by atoms with Gasteiger partial charge in [-0.25, -0.2) is 4.79 Å². The van der Waals surface area contributed by atoms with Gasteiger partial charge >= 0.3 is 5.97 Å². The largest absolute Gasteiger partial charge is 0.467 e. The molecule has 2 atom stereocenters. The van der Waals surface area contributed by atoms with Gasteiger partial charge < -0.3 is 10.1 Å². The number of carbonyl (C=O) groups excluding carboxylic acids is 2. The average Bonchev–Trinajstić information content (AvgIpc) is 2.13. The number of amides is 1. The van der Waals surface area contributed by atoms with Crippen molar-refractivity contribution in [2.45, 2.75) is 38.5 Å². The lowest BCUT2D eigenvalue weighted by Crippen LogP contribution is -2.46. The van der Waals surface area contributed by atoms with Gasteiger partial charge in [-0.15, -0.1) is 0 Å². The van der Waals surface area contributed by atoms with Crippen LogP contribution in [0.25, 0.3) is 0 Å². The zero-order valence-electron chi connectivity index (χ0n) is 10.3. The van der Waals surface area contributed by atoms with Crippen molar-refractivity contribution in [2.75, 3.05) is 12.9 Å². The Kier molecular flexibility index (Phi) is 5.64. The SMILES string of the molecule is COC(=O)C(CS(=O)C(C)(C)C)NC(C)=O. The molecule has 0 aromatic rings. The van der Waals surface area contributed by atoms with E-state index in [-0.39, 0.29) is 11.7 Å². The molecule has 94 valence electrons. The molecule has 0 saturated heterocycles. The summed E-state index contributed by atoms with van der Waals surface area (Å²) in [6.45, 7) is 6.73. The van der Waals surface area contributed by atoms with E-state index >= 15 is 0 Å². The number of nitrogens with one attached hydrogen (secondary N) is 1. The molecule has 0 aliphatic carbocycles. The summed E-state index contributed by atoms with van der Waals surface area (Å²) in [7, 11) is 0.0117. The molecule has 1 N–H and O–H groups in total. The van der Waals surface area contributed by atoms with E-state index < -0.39 is 27.6 Å². The third-order valence-electron chi connectivity index (χ3n) is 1.86. The standard InChI is InChI=1S/C10H19NO4S/c1-7(12)11-8(9(13)15-5)6-16(14)10(2,3)4/h8H,6H2,1-5H3,(H,11,12). The van der Waals surface area contributed by atoms with Crippen molar-refractivity contribution < 1.29 is 18.5 Å². The number of hydrogen-bond donors (Lipinski definition) is 1. The van der Waals surface area contributed by atoms with Crippen LogP contribution >= 0.6 is 0 Å². The molecule has 1 amide bonds. The number of esters is 1. The van der Waals surface area contributed by atoms with E-state index in [2.05, 4.69) is 10.1 Å². The van der Waals surface area contributed by atoms with Gasteiger partial charge in [0.15, 0.2) is 0 Å². The van der Waals surface area contributed by atoms with E-state index in [1.807, 2.05) is 20.8 Å². The van der Waals surface area contributed by atoms with Crippen LogP contribution in [0.4, 0.5) is 0 Å². The highest BCUT2D eigenvalue weighted by Crippen LogP contribution is 2.12. The molecule has 0 heterocycles. The highest BCUT2D eigenvalue weighted by molar-refractivity contribution is 7.86. The second-order valence-electron chi connectivity index (χ2n) is 4.40. The van der Waals surface area contributed by atoms with Crippen molar-refractivity contribution >= 4 is 22.7 Å². The van der Waals surface area contributed by atoms with Crippen molar-refractivity contribution in [3.8, 4) is 0 Å². The van der Waals surface area contributed by atoms with E-state index in [1.165, 1.54) is 14.0 Å². The minimum absolute atomic E-state index is 0.0652. The van der Waals surface area contributed by atoms with Crippen LogP contribution in [-0.4, -0.2) is 39.7 Å². The molecule has 0 rings (SSSR count). The Morgan fingerprint density at radius 3 is 2.19 bits per heavy atom. The Morgan fingerprint density at radius 1 is 1.38 bits per heavy atom. The van der Waals surface area contributed by atoms with E-state index in [0.29, 0.717) is 0 Å². The van der Waals surface area contributed by atoms with Gasteiger partial charge in [0.05, 0.1) is 12.9 Å². The van der Waals surface area contributed by atoms with Crippen molar-refractivity contribution in [2.24, 2.45) is 0 Å². The van der Waals surface area contributed by atoms with Crippen LogP contribution in [0, 0.1) is 0 Å². The van der Waals surface area contributed by atoms with Gasteiger partial charge in [-0.05, 0) is 20.8 Å². The zero-order chi connectivity index (χ0) is 12.9. The molecule has 0 aromatic heterocycles. The van der Waals surface area contributed by atoms with Crippen LogP contribution in [0.5, 0.6) is 0 Å². The summed E-state index contributed by atoms with van der Waals surface area (Å²) in [5, 5.41) is 2.43. The van der Waals surface area contributed by atoms with E-state index in [9.17, 15) is 13.8 Å². The molecule has 0 saturated carbocycles. The fourth-order valence-electron chi connectivity index (χ4n) is 0.958. The molecular formula is C10H19NO4S. The first-order chi connectivity index (χ1) is 7.18. The maximum atomic E-state index is 11.8. The first-order valence-corrected chi connectivity index (χ1v) is 6.23. The lowest BCUT2D eigenvalue weighted by molar-refractivity contribution is -0.144. The van der Waals surface area contributed by atoms with Crippen molar-refractivity contribution in [3.63, 3.8) is 0 Å². The summed E-state index contributed by atoms with van der Waals surface area (Å²) in [6, 6.07) is -0.845.